The lowest BCUT2D eigenvalue weighted by Crippen LogP contribution is -2.60. The largest absolute Gasteiger partial charge is 0.508 e. The molecule has 0 radical (unpaired) electrons. The summed E-state index contributed by atoms with van der Waals surface area (Å²) >= 11 is 0. The average Bonchev–Trinajstić information content (AvgIpc) is 2.75. The van der Waals surface area contributed by atoms with E-state index in [9.17, 15) is 25.5 Å². The van der Waals surface area contributed by atoms with Crippen molar-refractivity contribution in [1.29, 1.82) is 0 Å². The Labute approximate surface area is 182 Å². The van der Waals surface area contributed by atoms with Crippen LogP contribution in [0.1, 0.15) is 37.8 Å². The van der Waals surface area contributed by atoms with Gasteiger partial charge in [-0.2, -0.15) is 0 Å². The van der Waals surface area contributed by atoms with Crippen LogP contribution in [0.3, 0.4) is 0 Å². The molecule has 174 valence electrons. The number of rotatable bonds is 9. The molecule has 1 saturated heterocycles. The molecule has 0 aromatic heterocycles. The summed E-state index contributed by atoms with van der Waals surface area (Å²) < 4.78 is 11.2. The van der Waals surface area contributed by atoms with Gasteiger partial charge in [-0.3, -0.25) is 0 Å². The Morgan fingerprint density at radius 1 is 1.03 bits per heavy atom. The van der Waals surface area contributed by atoms with Crippen molar-refractivity contribution in [3.63, 3.8) is 0 Å². The Hall–Kier alpha value is -1.94. The summed E-state index contributed by atoms with van der Waals surface area (Å²) in [5.41, 5.74) is 3.27. The number of hydrogen-bond donors (Lipinski definition) is 6. The molecule has 6 N–H and O–H groups in total. The highest BCUT2D eigenvalue weighted by Gasteiger charge is 2.44. The molecule has 0 bridgehead atoms. The Balaban J connectivity index is 2.17. The molecule has 1 aliphatic heterocycles. The summed E-state index contributed by atoms with van der Waals surface area (Å²) in [7, 11) is 0. The van der Waals surface area contributed by atoms with E-state index in [1.807, 2.05) is 26.0 Å². The van der Waals surface area contributed by atoms with Crippen LogP contribution in [0.5, 0.6) is 11.5 Å². The maximum atomic E-state index is 10.3. The van der Waals surface area contributed by atoms with Gasteiger partial charge in [0.1, 0.15) is 35.9 Å². The normalized spacial score (nSPS) is 27.4. The van der Waals surface area contributed by atoms with Gasteiger partial charge in [0.05, 0.1) is 13.2 Å². The van der Waals surface area contributed by atoms with Gasteiger partial charge in [0.2, 0.25) is 6.29 Å². The van der Waals surface area contributed by atoms with E-state index in [1.54, 1.807) is 19.1 Å². The second-order valence-electron chi connectivity index (χ2n) is 8.06. The molecule has 8 nitrogen and oxygen atoms in total. The standard InChI is InChI=1S/C23H34O8/c1-13(5-4-6-14(2)11-24)7-8-16-10-17(26)15(3)9-18(16)30-23-22(29)21(28)20(27)19(12-25)31-23/h6-7,9-10,19-29H,4-5,8,11-12H2,1-3H3/b13-7-,14-6+/t19-,20-,21+,22+,23+/m0/s1. The zero-order chi connectivity index (χ0) is 23.1. The number of phenols is 1. The lowest BCUT2D eigenvalue weighted by atomic mass is 9.99. The fourth-order valence-corrected chi connectivity index (χ4v) is 3.27. The molecule has 1 heterocycles. The maximum Gasteiger partial charge on any atom is 0.229 e. The number of aryl methyl sites for hydroxylation is 1. The second kappa shape index (κ2) is 11.6. The molecule has 1 fully saturated rings. The SMILES string of the molecule is C/C(=C/Cc1cc(O)c(C)cc1O[C@@H]1O[C@@H](CO)[C@H](O)[C@@H](O)[C@H]1O)CC/C=C(\C)CO. The van der Waals surface area contributed by atoms with Crippen LogP contribution >= 0.6 is 0 Å². The molecule has 31 heavy (non-hydrogen) atoms. The maximum absolute atomic E-state index is 10.3. The third-order valence-electron chi connectivity index (χ3n) is 5.42. The van der Waals surface area contributed by atoms with Gasteiger partial charge in [0.15, 0.2) is 0 Å². The Bertz CT molecular complexity index is 786. The van der Waals surface area contributed by atoms with Crippen molar-refractivity contribution in [2.24, 2.45) is 0 Å². The summed E-state index contributed by atoms with van der Waals surface area (Å²) in [4.78, 5) is 0. The Morgan fingerprint density at radius 3 is 2.39 bits per heavy atom. The van der Waals surface area contributed by atoms with Crippen LogP contribution in [0.2, 0.25) is 0 Å². The van der Waals surface area contributed by atoms with Gasteiger partial charge < -0.3 is 40.1 Å². The second-order valence-corrected chi connectivity index (χ2v) is 8.06. The molecule has 2 rings (SSSR count). The van der Waals surface area contributed by atoms with Crippen molar-refractivity contribution >= 4 is 0 Å². The molecular weight excluding hydrogens is 404 g/mol. The first-order valence-corrected chi connectivity index (χ1v) is 10.4. The summed E-state index contributed by atoms with van der Waals surface area (Å²) in [6.45, 7) is 5.07. The van der Waals surface area contributed by atoms with Crippen molar-refractivity contribution in [2.45, 2.75) is 70.7 Å². The van der Waals surface area contributed by atoms with Crippen molar-refractivity contribution in [3.05, 3.63) is 46.6 Å². The number of allylic oxidation sites excluding steroid dienone is 3. The van der Waals surface area contributed by atoms with Crippen LogP contribution in [-0.4, -0.2) is 74.6 Å². The quantitative estimate of drug-likeness (QED) is 0.315. The molecule has 8 heteroatoms. The highest BCUT2D eigenvalue weighted by Crippen LogP contribution is 2.32. The fourth-order valence-electron chi connectivity index (χ4n) is 3.27. The first-order chi connectivity index (χ1) is 14.7. The van der Waals surface area contributed by atoms with Gasteiger partial charge in [-0.05, 0) is 57.7 Å². The van der Waals surface area contributed by atoms with E-state index < -0.39 is 37.3 Å². The molecule has 1 aliphatic rings. The molecule has 1 aromatic rings. The number of aliphatic hydroxyl groups excluding tert-OH is 5. The van der Waals surface area contributed by atoms with Crippen LogP contribution < -0.4 is 4.74 Å². The molecule has 0 spiro atoms. The number of aliphatic hydroxyl groups is 5. The lowest BCUT2D eigenvalue weighted by molar-refractivity contribution is -0.277. The van der Waals surface area contributed by atoms with E-state index in [-0.39, 0.29) is 12.4 Å². The summed E-state index contributed by atoms with van der Waals surface area (Å²) in [6, 6.07) is 3.19. The molecule has 5 atom stereocenters. The van der Waals surface area contributed by atoms with Gasteiger partial charge in [-0.1, -0.05) is 23.3 Å². The van der Waals surface area contributed by atoms with E-state index in [0.717, 1.165) is 24.0 Å². The zero-order valence-corrected chi connectivity index (χ0v) is 18.2. The highest BCUT2D eigenvalue weighted by atomic mass is 16.7. The molecular formula is C23H34O8. The predicted molar refractivity (Wildman–Crippen MR) is 115 cm³/mol. The van der Waals surface area contributed by atoms with E-state index in [1.165, 1.54) is 0 Å². The topological polar surface area (TPSA) is 140 Å². The van der Waals surface area contributed by atoms with Gasteiger partial charge in [-0.15, -0.1) is 0 Å². The number of ether oxygens (including phenoxy) is 2. The third kappa shape index (κ3) is 6.77. The molecule has 1 aromatic carbocycles. The fraction of sp³-hybridized carbons (Fsp3) is 0.565. The lowest BCUT2D eigenvalue weighted by Gasteiger charge is -2.39. The van der Waals surface area contributed by atoms with Crippen LogP contribution in [0.15, 0.2) is 35.4 Å². The van der Waals surface area contributed by atoms with Crippen LogP contribution in [0.25, 0.3) is 0 Å². The van der Waals surface area contributed by atoms with Gasteiger partial charge in [0, 0.05) is 5.56 Å². The summed E-state index contributed by atoms with van der Waals surface area (Å²) in [5.74, 6) is 0.461. The van der Waals surface area contributed by atoms with Crippen LogP contribution in [-0.2, 0) is 11.2 Å². The molecule has 0 saturated carbocycles. The van der Waals surface area contributed by atoms with Crippen LogP contribution in [0.4, 0.5) is 0 Å². The van der Waals surface area contributed by atoms with Gasteiger partial charge >= 0.3 is 0 Å². The summed E-state index contributed by atoms with van der Waals surface area (Å²) in [6.07, 6.45) is -0.800. The number of phenolic OH excluding ortho intramolecular Hbond substituents is 1. The molecule has 0 amide bonds. The van der Waals surface area contributed by atoms with Crippen molar-refractivity contribution in [1.82, 2.24) is 0 Å². The summed E-state index contributed by atoms with van der Waals surface area (Å²) in [5, 5.41) is 58.7. The number of aromatic hydroxyl groups is 1. The monoisotopic (exact) mass is 438 g/mol. The smallest absolute Gasteiger partial charge is 0.229 e. The third-order valence-corrected chi connectivity index (χ3v) is 5.42. The highest BCUT2D eigenvalue weighted by molar-refractivity contribution is 5.46. The minimum absolute atomic E-state index is 0.0457. The van der Waals surface area contributed by atoms with E-state index >= 15 is 0 Å². The van der Waals surface area contributed by atoms with E-state index in [4.69, 9.17) is 14.6 Å². The Kier molecular flexibility index (Phi) is 9.49. The zero-order valence-electron chi connectivity index (χ0n) is 18.2. The van der Waals surface area contributed by atoms with E-state index in [0.29, 0.717) is 23.3 Å². The molecule has 0 unspecified atom stereocenters. The number of benzene rings is 1. The molecule has 0 aliphatic carbocycles. The van der Waals surface area contributed by atoms with Gasteiger partial charge in [-0.25, -0.2) is 0 Å². The van der Waals surface area contributed by atoms with Crippen molar-refractivity contribution in [3.8, 4) is 11.5 Å². The minimum Gasteiger partial charge on any atom is -0.508 e. The average molecular weight is 439 g/mol. The van der Waals surface area contributed by atoms with Crippen LogP contribution in [0, 0.1) is 6.92 Å². The Morgan fingerprint density at radius 2 is 1.74 bits per heavy atom. The first kappa shape index (κ1) is 25.3. The minimum atomic E-state index is -1.53. The number of hydrogen-bond acceptors (Lipinski definition) is 8. The predicted octanol–water partition coefficient (Wildman–Crippen LogP) is 1.09. The first-order valence-electron chi connectivity index (χ1n) is 10.4. The van der Waals surface area contributed by atoms with Crippen molar-refractivity contribution < 1.29 is 40.1 Å². The van der Waals surface area contributed by atoms with Gasteiger partial charge in [0.25, 0.3) is 0 Å². The van der Waals surface area contributed by atoms with Crippen molar-refractivity contribution in [2.75, 3.05) is 13.2 Å². The van der Waals surface area contributed by atoms with E-state index in [2.05, 4.69) is 0 Å².